The van der Waals surface area contributed by atoms with Crippen molar-refractivity contribution in [2.75, 3.05) is 6.61 Å². The molecule has 2 aromatic carbocycles. The summed E-state index contributed by atoms with van der Waals surface area (Å²) >= 11 is 0. The van der Waals surface area contributed by atoms with E-state index in [1.807, 2.05) is 36.4 Å². The normalized spacial score (nSPS) is 27.5. The van der Waals surface area contributed by atoms with Gasteiger partial charge in [-0.2, -0.15) is 0 Å². The molecule has 1 aliphatic heterocycles. The molecular weight excluding hydrogens is 415 g/mol. The van der Waals surface area contributed by atoms with Crippen LogP contribution in [-0.4, -0.2) is 38.6 Å². The zero-order chi connectivity index (χ0) is 22.8. The number of rotatable bonds is 7. The van der Waals surface area contributed by atoms with Gasteiger partial charge < -0.3 is 14.6 Å². The Hall–Kier alpha value is -3.07. The molecular formula is C24H25FN2O5. The van der Waals surface area contributed by atoms with Gasteiger partial charge in [0.15, 0.2) is 11.9 Å². The maximum absolute atomic E-state index is 16.3. The average molecular weight is 440 g/mol. The fourth-order valence-corrected chi connectivity index (χ4v) is 4.09. The van der Waals surface area contributed by atoms with E-state index in [0.717, 1.165) is 16.2 Å². The highest BCUT2D eigenvalue weighted by Crippen LogP contribution is 2.49. The first-order valence-electron chi connectivity index (χ1n) is 10.3. The molecule has 4 rings (SSSR count). The maximum atomic E-state index is 16.3. The smallest absolute Gasteiger partial charge is 0.330 e. The summed E-state index contributed by atoms with van der Waals surface area (Å²) in [6, 6.07) is 19.6. The molecule has 2 heterocycles. The number of aromatic amines is 1. The van der Waals surface area contributed by atoms with Gasteiger partial charge in [0.1, 0.15) is 11.7 Å². The summed E-state index contributed by atoms with van der Waals surface area (Å²) in [6.07, 6.45) is -1.40. The number of alkyl halides is 1. The van der Waals surface area contributed by atoms with E-state index in [2.05, 4.69) is 4.98 Å². The van der Waals surface area contributed by atoms with Crippen LogP contribution < -0.4 is 11.2 Å². The molecule has 8 heteroatoms. The van der Waals surface area contributed by atoms with Crippen LogP contribution in [0.4, 0.5) is 4.39 Å². The number of nitrogens with zero attached hydrogens (tertiary/aromatic N) is 1. The number of hydrogen-bond acceptors (Lipinski definition) is 5. The lowest BCUT2D eigenvalue weighted by Crippen LogP contribution is -2.56. The predicted molar refractivity (Wildman–Crippen MR) is 116 cm³/mol. The second-order valence-electron chi connectivity index (χ2n) is 8.16. The predicted octanol–water partition coefficient (Wildman–Crippen LogP) is 2.35. The van der Waals surface area contributed by atoms with Crippen LogP contribution >= 0.6 is 0 Å². The second-order valence-corrected chi connectivity index (χ2v) is 8.16. The molecule has 7 nitrogen and oxygen atoms in total. The number of ether oxygens (including phenoxy) is 2. The average Bonchev–Trinajstić information content (AvgIpc) is 2.96. The summed E-state index contributed by atoms with van der Waals surface area (Å²) in [7, 11) is 0. The Morgan fingerprint density at radius 2 is 1.69 bits per heavy atom. The van der Waals surface area contributed by atoms with Crippen LogP contribution in [0.25, 0.3) is 0 Å². The van der Waals surface area contributed by atoms with E-state index in [-0.39, 0.29) is 19.6 Å². The Morgan fingerprint density at radius 3 is 2.31 bits per heavy atom. The van der Waals surface area contributed by atoms with Crippen molar-refractivity contribution in [2.45, 2.75) is 43.6 Å². The summed E-state index contributed by atoms with van der Waals surface area (Å²) in [6.45, 7) is 1.37. The number of halogens is 1. The lowest BCUT2D eigenvalue weighted by atomic mass is 9.78. The van der Waals surface area contributed by atoms with Gasteiger partial charge in [-0.25, -0.2) is 9.18 Å². The van der Waals surface area contributed by atoms with Gasteiger partial charge >= 0.3 is 5.69 Å². The Bertz CT molecular complexity index is 1160. The summed E-state index contributed by atoms with van der Waals surface area (Å²) < 4.78 is 28.9. The molecule has 32 heavy (non-hydrogen) atoms. The number of benzene rings is 2. The quantitative estimate of drug-likeness (QED) is 0.588. The van der Waals surface area contributed by atoms with Crippen molar-refractivity contribution >= 4 is 0 Å². The van der Waals surface area contributed by atoms with Crippen molar-refractivity contribution in [3.63, 3.8) is 0 Å². The van der Waals surface area contributed by atoms with E-state index in [1.165, 1.54) is 13.1 Å². The van der Waals surface area contributed by atoms with Gasteiger partial charge in [-0.1, -0.05) is 60.7 Å². The van der Waals surface area contributed by atoms with E-state index in [9.17, 15) is 14.7 Å². The first-order chi connectivity index (χ1) is 15.3. The van der Waals surface area contributed by atoms with Crippen LogP contribution in [-0.2, 0) is 22.5 Å². The van der Waals surface area contributed by atoms with Gasteiger partial charge in [-0.3, -0.25) is 14.3 Å². The molecule has 168 valence electrons. The third-order valence-corrected chi connectivity index (χ3v) is 5.94. The van der Waals surface area contributed by atoms with Gasteiger partial charge in [0.05, 0.1) is 13.2 Å². The Kier molecular flexibility index (Phi) is 6.10. The molecule has 1 saturated heterocycles. The van der Waals surface area contributed by atoms with Crippen LogP contribution in [0.3, 0.4) is 0 Å². The minimum absolute atomic E-state index is 0.0468. The Labute approximate surface area is 184 Å². The molecule has 1 aromatic heterocycles. The summed E-state index contributed by atoms with van der Waals surface area (Å²) in [4.78, 5) is 25.9. The number of aromatic nitrogens is 2. The molecule has 0 aliphatic carbocycles. The molecule has 0 unspecified atom stereocenters. The fourth-order valence-electron chi connectivity index (χ4n) is 4.09. The molecule has 1 fully saturated rings. The lowest BCUT2D eigenvalue weighted by Gasteiger charge is -2.36. The second kappa shape index (κ2) is 8.82. The molecule has 0 saturated carbocycles. The van der Waals surface area contributed by atoms with E-state index >= 15 is 4.39 Å². The molecule has 4 atom stereocenters. The highest BCUT2D eigenvalue weighted by atomic mass is 19.1. The molecule has 0 bridgehead atoms. The summed E-state index contributed by atoms with van der Waals surface area (Å²) in [5.41, 5.74) is -4.15. The van der Waals surface area contributed by atoms with Gasteiger partial charge in [0.25, 0.3) is 5.56 Å². The number of H-pyrrole nitrogens is 1. The fraction of sp³-hybridized carbons (Fsp3) is 0.333. The van der Waals surface area contributed by atoms with E-state index < -0.39 is 34.9 Å². The van der Waals surface area contributed by atoms with Crippen LogP contribution in [0.5, 0.6) is 0 Å². The van der Waals surface area contributed by atoms with Gasteiger partial charge in [-0.05, 0) is 18.1 Å². The van der Waals surface area contributed by atoms with Crippen LogP contribution in [0.15, 0.2) is 82.5 Å². The molecule has 0 radical (unpaired) electrons. The number of hydrogen-bond donors (Lipinski definition) is 2. The lowest BCUT2D eigenvalue weighted by molar-refractivity contribution is -0.112. The van der Waals surface area contributed by atoms with E-state index in [1.54, 1.807) is 24.3 Å². The largest absolute Gasteiger partial charge is 0.383 e. The van der Waals surface area contributed by atoms with Crippen molar-refractivity contribution in [1.82, 2.24) is 9.55 Å². The Balaban J connectivity index is 1.65. The zero-order valence-electron chi connectivity index (χ0n) is 17.6. The van der Waals surface area contributed by atoms with Crippen LogP contribution in [0.1, 0.15) is 24.3 Å². The minimum atomic E-state index is -2.37. The van der Waals surface area contributed by atoms with Crippen LogP contribution in [0, 0.1) is 0 Å². The SMILES string of the molecule is C[C@@]1(F)[C@H](n2ccc(=O)[nH]c2=O)O[C@H](COCc2ccccc2)[C@]1(O)Cc1ccccc1. The van der Waals surface area contributed by atoms with Crippen molar-refractivity contribution in [2.24, 2.45) is 0 Å². The molecule has 0 amide bonds. The monoisotopic (exact) mass is 440 g/mol. The molecule has 2 N–H and O–H groups in total. The number of nitrogens with one attached hydrogen (secondary N) is 1. The van der Waals surface area contributed by atoms with Crippen molar-refractivity contribution < 1.29 is 19.0 Å². The Morgan fingerprint density at radius 1 is 1.06 bits per heavy atom. The zero-order valence-corrected chi connectivity index (χ0v) is 17.6. The summed E-state index contributed by atoms with van der Waals surface area (Å²) in [5, 5.41) is 11.6. The number of aliphatic hydroxyl groups is 1. The third kappa shape index (κ3) is 4.17. The van der Waals surface area contributed by atoms with Gasteiger partial charge in [0, 0.05) is 18.7 Å². The topological polar surface area (TPSA) is 93.6 Å². The maximum Gasteiger partial charge on any atom is 0.330 e. The highest BCUT2D eigenvalue weighted by Gasteiger charge is 2.65. The minimum Gasteiger partial charge on any atom is -0.383 e. The van der Waals surface area contributed by atoms with Crippen LogP contribution in [0.2, 0.25) is 0 Å². The molecule has 1 aliphatic rings. The van der Waals surface area contributed by atoms with Crippen molar-refractivity contribution in [3.8, 4) is 0 Å². The molecule has 0 spiro atoms. The van der Waals surface area contributed by atoms with E-state index in [4.69, 9.17) is 9.47 Å². The standard InChI is InChI=1S/C24H25FN2O5/c1-23(25)21(27-13-12-20(28)26-22(27)29)32-19(16-31-15-18-10-6-3-7-11-18)24(23,30)14-17-8-4-2-5-9-17/h2-13,19,21,30H,14-16H2,1H3,(H,26,28,29)/t19-,21-,23-,24-/m1/s1. The molecule has 3 aromatic rings. The first-order valence-corrected chi connectivity index (χ1v) is 10.3. The van der Waals surface area contributed by atoms with Crippen molar-refractivity contribution in [1.29, 1.82) is 0 Å². The van der Waals surface area contributed by atoms with Gasteiger partial charge in [-0.15, -0.1) is 0 Å². The highest BCUT2D eigenvalue weighted by molar-refractivity contribution is 5.23. The third-order valence-electron chi connectivity index (χ3n) is 5.94. The summed E-state index contributed by atoms with van der Waals surface area (Å²) in [5.74, 6) is 0. The van der Waals surface area contributed by atoms with Gasteiger partial charge in [0.2, 0.25) is 0 Å². The first kappa shape index (κ1) is 22.1. The van der Waals surface area contributed by atoms with Crippen molar-refractivity contribution in [3.05, 3.63) is 105 Å². The van der Waals surface area contributed by atoms with E-state index in [0.29, 0.717) is 5.56 Å².